The molecule has 1 atom stereocenters. The molecule has 0 saturated carbocycles. The number of aliphatic hydroxyl groups is 1. The lowest BCUT2D eigenvalue weighted by atomic mass is 10.1. The molecule has 0 aliphatic rings. The van der Waals surface area contributed by atoms with Crippen LogP contribution in [0.4, 0.5) is 11.4 Å². The Kier molecular flexibility index (Phi) is 5.77. The number of rotatable bonds is 6. The van der Waals surface area contributed by atoms with Crippen molar-refractivity contribution in [2.45, 2.75) is 32.4 Å². The second-order valence-electron chi connectivity index (χ2n) is 5.93. The van der Waals surface area contributed by atoms with E-state index >= 15 is 0 Å². The third-order valence-corrected chi connectivity index (χ3v) is 3.87. The average molecular weight is 312 g/mol. The Morgan fingerprint density at radius 2 is 1.83 bits per heavy atom. The van der Waals surface area contributed by atoms with Crippen molar-refractivity contribution in [3.8, 4) is 0 Å². The molecule has 2 N–H and O–H groups in total. The Morgan fingerprint density at radius 1 is 1.13 bits per heavy atom. The smallest absolute Gasteiger partial charge is 0.227 e. The van der Waals surface area contributed by atoms with E-state index in [1.807, 2.05) is 61.6 Å². The number of carbonyl (C=O) groups excluding carboxylic acids is 1. The molecule has 0 saturated heterocycles. The van der Waals surface area contributed by atoms with Gasteiger partial charge in [-0.2, -0.15) is 0 Å². The van der Waals surface area contributed by atoms with Gasteiger partial charge in [0, 0.05) is 24.5 Å². The Hall–Kier alpha value is -2.33. The first-order chi connectivity index (χ1) is 11.0. The molecular weight excluding hydrogens is 288 g/mol. The van der Waals surface area contributed by atoms with E-state index in [0.717, 1.165) is 16.9 Å². The lowest BCUT2D eigenvalue weighted by Gasteiger charge is -2.24. The molecule has 0 radical (unpaired) electrons. The molecule has 1 unspecified atom stereocenters. The van der Waals surface area contributed by atoms with Crippen molar-refractivity contribution in [3.63, 3.8) is 0 Å². The molecule has 0 spiro atoms. The highest BCUT2D eigenvalue weighted by Gasteiger charge is 2.13. The first-order valence-corrected chi connectivity index (χ1v) is 7.83. The van der Waals surface area contributed by atoms with Crippen molar-refractivity contribution in [2.24, 2.45) is 0 Å². The lowest BCUT2D eigenvalue weighted by Crippen LogP contribution is -2.25. The van der Waals surface area contributed by atoms with E-state index in [1.54, 1.807) is 0 Å². The number of aliphatic hydroxyl groups excluding tert-OH is 1. The molecule has 0 heterocycles. The maximum absolute atomic E-state index is 12.1. The van der Waals surface area contributed by atoms with Crippen LogP contribution >= 0.6 is 0 Å². The van der Waals surface area contributed by atoms with Crippen LogP contribution in [0.3, 0.4) is 0 Å². The minimum atomic E-state index is -0.794. The van der Waals surface area contributed by atoms with Crippen LogP contribution < -0.4 is 10.2 Å². The molecule has 4 heteroatoms. The summed E-state index contributed by atoms with van der Waals surface area (Å²) in [5, 5.41) is 13.0. The number of nitrogens with zero attached hydrogens (tertiary/aromatic N) is 1. The largest absolute Gasteiger partial charge is 0.388 e. The fourth-order valence-electron chi connectivity index (χ4n) is 2.28. The fourth-order valence-corrected chi connectivity index (χ4v) is 2.28. The number of hydrogen-bond donors (Lipinski definition) is 2. The fraction of sp³-hybridized carbons (Fsp3) is 0.316. The summed E-state index contributed by atoms with van der Waals surface area (Å²) in [5.41, 5.74) is 2.53. The molecule has 0 fully saturated rings. The van der Waals surface area contributed by atoms with Crippen LogP contribution in [0, 0.1) is 0 Å². The third kappa shape index (κ3) is 4.83. The van der Waals surface area contributed by atoms with E-state index in [-0.39, 0.29) is 12.3 Å². The van der Waals surface area contributed by atoms with Crippen molar-refractivity contribution in [1.82, 2.24) is 0 Å². The van der Waals surface area contributed by atoms with Crippen molar-refractivity contribution in [1.29, 1.82) is 0 Å². The highest BCUT2D eigenvalue weighted by molar-refractivity contribution is 5.91. The maximum Gasteiger partial charge on any atom is 0.227 e. The number of anilines is 2. The van der Waals surface area contributed by atoms with E-state index < -0.39 is 6.10 Å². The van der Waals surface area contributed by atoms with E-state index in [2.05, 4.69) is 24.1 Å². The van der Waals surface area contributed by atoms with Gasteiger partial charge in [0.2, 0.25) is 5.91 Å². The number of carbonyl (C=O) groups is 1. The van der Waals surface area contributed by atoms with Crippen LogP contribution in [-0.4, -0.2) is 24.1 Å². The van der Waals surface area contributed by atoms with Crippen molar-refractivity contribution >= 4 is 17.3 Å². The summed E-state index contributed by atoms with van der Waals surface area (Å²) in [6, 6.07) is 17.3. The van der Waals surface area contributed by atoms with Crippen LogP contribution in [0.15, 0.2) is 54.6 Å². The molecule has 4 nitrogen and oxygen atoms in total. The quantitative estimate of drug-likeness (QED) is 0.857. The van der Waals surface area contributed by atoms with Gasteiger partial charge in [-0.15, -0.1) is 0 Å². The highest BCUT2D eigenvalue weighted by atomic mass is 16.3. The summed E-state index contributed by atoms with van der Waals surface area (Å²) in [4.78, 5) is 14.3. The minimum absolute atomic E-state index is 0.0360. The van der Waals surface area contributed by atoms with E-state index in [0.29, 0.717) is 6.04 Å². The SMILES string of the molecule is CC(C)N(C)c1cccc(NC(=O)CC(O)c2ccccc2)c1. The van der Waals surface area contributed by atoms with E-state index in [1.165, 1.54) is 0 Å². The van der Waals surface area contributed by atoms with Crippen LogP contribution in [-0.2, 0) is 4.79 Å². The van der Waals surface area contributed by atoms with E-state index in [4.69, 9.17) is 0 Å². The van der Waals surface area contributed by atoms with Gasteiger partial charge >= 0.3 is 0 Å². The van der Waals surface area contributed by atoms with Crippen molar-refractivity contribution in [3.05, 3.63) is 60.2 Å². The molecule has 23 heavy (non-hydrogen) atoms. The second-order valence-corrected chi connectivity index (χ2v) is 5.93. The zero-order chi connectivity index (χ0) is 16.8. The first-order valence-electron chi connectivity index (χ1n) is 7.83. The number of hydrogen-bond acceptors (Lipinski definition) is 3. The molecule has 0 bridgehead atoms. The summed E-state index contributed by atoms with van der Waals surface area (Å²) in [6.07, 6.45) is -0.758. The standard InChI is InChI=1S/C19H24N2O2/c1-14(2)21(3)17-11-7-10-16(12-17)20-19(23)13-18(22)15-8-5-4-6-9-15/h4-12,14,18,22H,13H2,1-3H3,(H,20,23). The predicted octanol–water partition coefficient (Wildman–Crippen LogP) is 3.59. The topological polar surface area (TPSA) is 52.6 Å². The lowest BCUT2D eigenvalue weighted by molar-refractivity contribution is -0.118. The van der Waals surface area contributed by atoms with Gasteiger partial charge in [0.1, 0.15) is 0 Å². The molecule has 2 rings (SSSR count). The van der Waals surface area contributed by atoms with Gasteiger partial charge in [-0.1, -0.05) is 36.4 Å². The Balaban J connectivity index is 1.99. The van der Waals surface area contributed by atoms with Crippen molar-refractivity contribution in [2.75, 3.05) is 17.3 Å². The molecule has 1 amide bonds. The molecular formula is C19H24N2O2. The maximum atomic E-state index is 12.1. The van der Waals surface area contributed by atoms with Crippen LogP contribution in [0.1, 0.15) is 31.9 Å². The van der Waals surface area contributed by atoms with Gasteiger partial charge in [-0.3, -0.25) is 4.79 Å². The number of nitrogens with one attached hydrogen (secondary N) is 1. The Morgan fingerprint density at radius 3 is 2.48 bits per heavy atom. The normalized spacial score (nSPS) is 12.0. The molecule has 0 aliphatic heterocycles. The zero-order valence-electron chi connectivity index (χ0n) is 13.9. The van der Waals surface area contributed by atoms with Gasteiger partial charge in [0.15, 0.2) is 0 Å². The summed E-state index contributed by atoms with van der Waals surface area (Å²) >= 11 is 0. The Labute approximate surface area is 137 Å². The molecule has 0 aromatic heterocycles. The molecule has 122 valence electrons. The summed E-state index contributed by atoms with van der Waals surface area (Å²) < 4.78 is 0. The van der Waals surface area contributed by atoms with Gasteiger partial charge in [0.25, 0.3) is 0 Å². The molecule has 2 aromatic carbocycles. The predicted molar refractivity (Wildman–Crippen MR) is 94.6 cm³/mol. The molecule has 0 aliphatic carbocycles. The van der Waals surface area contributed by atoms with Crippen LogP contribution in [0.2, 0.25) is 0 Å². The van der Waals surface area contributed by atoms with Gasteiger partial charge in [-0.25, -0.2) is 0 Å². The van der Waals surface area contributed by atoms with Crippen LogP contribution in [0.25, 0.3) is 0 Å². The summed E-state index contributed by atoms with van der Waals surface area (Å²) in [5.74, 6) is -0.203. The second kappa shape index (κ2) is 7.79. The first kappa shape index (κ1) is 17.0. The van der Waals surface area contributed by atoms with Gasteiger partial charge in [-0.05, 0) is 37.6 Å². The molecule has 2 aromatic rings. The average Bonchev–Trinajstić information content (AvgIpc) is 2.55. The third-order valence-electron chi connectivity index (χ3n) is 3.87. The monoisotopic (exact) mass is 312 g/mol. The zero-order valence-corrected chi connectivity index (χ0v) is 13.9. The minimum Gasteiger partial charge on any atom is -0.388 e. The number of benzene rings is 2. The van der Waals surface area contributed by atoms with Gasteiger partial charge in [0.05, 0.1) is 12.5 Å². The summed E-state index contributed by atoms with van der Waals surface area (Å²) in [6.45, 7) is 4.23. The Bertz CT molecular complexity index is 641. The van der Waals surface area contributed by atoms with Crippen LogP contribution in [0.5, 0.6) is 0 Å². The van der Waals surface area contributed by atoms with Gasteiger partial charge < -0.3 is 15.3 Å². The highest BCUT2D eigenvalue weighted by Crippen LogP contribution is 2.21. The van der Waals surface area contributed by atoms with E-state index in [9.17, 15) is 9.90 Å². The summed E-state index contributed by atoms with van der Waals surface area (Å²) in [7, 11) is 2.02. The van der Waals surface area contributed by atoms with Crippen molar-refractivity contribution < 1.29 is 9.90 Å². The number of amides is 1.